The van der Waals surface area contributed by atoms with Crippen molar-refractivity contribution in [3.05, 3.63) is 52.4 Å². The number of pyridine rings is 1. The summed E-state index contributed by atoms with van der Waals surface area (Å²) in [5.74, 6) is 0.419. The molecule has 0 bridgehead atoms. The third-order valence-corrected chi connectivity index (χ3v) is 3.05. The average molecular weight is 311 g/mol. The van der Waals surface area contributed by atoms with Crippen LogP contribution in [0.4, 0.5) is 4.39 Å². The van der Waals surface area contributed by atoms with Gasteiger partial charge in [0.15, 0.2) is 0 Å². The second kappa shape index (κ2) is 5.46. The Hall–Kier alpha value is -1.46. The summed E-state index contributed by atoms with van der Waals surface area (Å²) in [6.07, 6.45) is 1.65. The van der Waals surface area contributed by atoms with Gasteiger partial charge in [-0.05, 0) is 40.5 Å². The molecule has 0 aliphatic rings. The van der Waals surface area contributed by atoms with Gasteiger partial charge in [0, 0.05) is 24.4 Å². The van der Waals surface area contributed by atoms with Crippen LogP contribution in [0, 0.1) is 5.82 Å². The third-order valence-electron chi connectivity index (χ3n) is 2.39. The van der Waals surface area contributed by atoms with Crippen LogP contribution >= 0.6 is 15.9 Å². The van der Waals surface area contributed by atoms with E-state index in [1.807, 2.05) is 13.0 Å². The van der Waals surface area contributed by atoms with E-state index in [1.54, 1.807) is 18.3 Å². The van der Waals surface area contributed by atoms with Crippen LogP contribution in [-0.4, -0.2) is 4.98 Å². The van der Waals surface area contributed by atoms with Crippen molar-refractivity contribution >= 4 is 15.9 Å². The maximum Gasteiger partial charge on any atom is 0.219 e. The molecule has 3 nitrogen and oxygen atoms in total. The topological polar surface area (TPSA) is 48.1 Å². The molecule has 1 atom stereocenters. The molecular formula is C13H12BrFN2O. The van der Waals surface area contributed by atoms with Crippen molar-refractivity contribution in [1.29, 1.82) is 0 Å². The molecule has 0 saturated carbocycles. The minimum absolute atomic E-state index is 0.0764. The quantitative estimate of drug-likeness (QED) is 0.938. The minimum Gasteiger partial charge on any atom is -0.438 e. The second-order valence-corrected chi connectivity index (χ2v) is 4.75. The molecule has 0 radical (unpaired) electrons. The Labute approximate surface area is 113 Å². The van der Waals surface area contributed by atoms with Crippen molar-refractivity contribution in [3.8, 4) is 11.6 Å². The molecule has 5 heteroatoms. The average Bonchev–Trinajstić information content (AvgIpc) is 2.34. The molecule has 1 heterocycles. The second-order valence-electron chi connectivity index (χ2n) is 3.90. The largest absolute Gasteiger partial charge is 0.438 e. The maximum absolute atomic E-state index is 13.1. The molecule has 0 amide bonds. The Bertz CT molecular complexity index is 543. The van der Waals surface area contributed by atoms with Crippen LogP contribution in [0.25, 0.3) is 0 Å². The molecule has 0 saturated heterocycles. The first-order chi connectivity index (χ1) is 8.56. The van der Waals surface area contributed by atoms with Crippen molar-refractivity contribution in [2.24, 2.45) is 5.73 Å². The Morgan fingerprint density at radius 1 is 1.33 bits per heavy atom. The molecule has 1 aromatic carbocycles. The lowest BCUT2D eigenvalue weighted by Crippen LogP contribution is -2.05. The minimum atomic E-state index is -0.361. The Morgan fingerprint density at radius 2 is 2.11 bits per heavy atom. The molecular weight excluding hydrogens is 299 g/mol. The van der Waals surface area contributed by atoms with E-state index in [4.69, 9.17) is 10.5 Å². The summed E-state index contributed by atoms with van der Waals surface area (Å²) in [5.41, 5.74) is 6.64. The van der Waals surface area contributed by atoms with Gasteiger partial charge in [-0.3, -0.25) is 0 Å². The zero-order valence-electron chi connectivity index (χ0n) is 9.73. The summed E-state index contributed by atoms with van der Waals surface area (Å²) in [7, 11) is 0. The maximum atomic E-state index is 13.1. The van der Waals surface area contributed by atoms with E-state index in [0.29, 0.717) is 16.1 Å². The lowest BCUT2D eigenvalue weighted by Gasteiger charge is -2.08. The summed E-state index contributed by atoms with van der Waals surface area (Å²) < 4.78 is 19.2. The zero-order valence-corrected chi connectivity index (χ0v) is 11.3. The lowest BCUT2D eigenvalue weighted by atomic mass is 10.2. The molecule has 0 aliphatic heterocycles. The summed E-state index contributed by atoms with van der Waals surface area (Å²) in [6, 6.07) is 7.69. The van der Waals surface area contributed by atoms with E-state index in [2.05, 4.69) is 20.9 Å². The van der Waals surface area contributed by atoms with Crippen molar-refractivity contribution < 1.29 is 9.13 Å². The van der Waals surface area contributed by atoms with Crippen LogP contribution in [-0.2, 0) is 0 Å². The highest BCUT2D eigenvalue weighted by Gasteiger charge is 2.06. The molecule has 2 N–H and O–H groups in total. The first-order valence-corrected chi connectivity index (χ1v) is 6.20. The third kappa shape index (κ3) is 3.05. The number of nitrogens with zero attached hydrogens (tertiary/aromatic N) is 1. The van der Waals surface area contributed by atoms with Gasteiger partial charge in [0.25, 0.3) is 0 Å². The van der Waals surface area contributed by atoms with E-state index >= 15 is 0 Å². The van der Waals surface area contributed by atoms with Gasteiger partial charge in [0.2, 0.25) is 5.88 Å². The van der Waals surface area contributed by atoms with Gasteiger partial charge in [0.05, 0.1) is 4.47 Å². The predicted octanol–water partition coefficient (Wildman–Crippen LogP) is 3.80. The fraction of sp³-hybridized carbons (Fsp3) is 0.154. The molecule has 18 heavy (non-hydrogen) atoms. The van der Waals surface area contributed by atoms with Crippen molar-refractivity contribution in [3.63, 3.8) is 0 Å². The van der Waals surface area contributed by atoms with Gasteiger partial charge in [-0.15, -0.1) is 0 Å². The van der Waals surface area contributed by atoms with E-state index in [-0.39, 0.29) is 11.9 Å². The van der Waals surface area contributed by atoms with Crippen molar-refractivity contribution in [2.75, 3.05) is 0 Å². The van der Waals surface area contributed by atoms with Crippen LogP contribution in [0.2, 0.25) is 0 Å². The highest BCUT2D eigenvalue weighted by atomic mass is 79.9. The standard InChI is InChI=1S/C13H12BrFN2O/c1-8(16)9-2-5-13(17-7-9)18-12-6-10(15)3-4-11(12)14/h2-8H,16H2,1H3/t8-/m0/s1. The SMILES string of the molecule is C[C@H](N)c1ccc(Oc2cc(F)ccc2Br)nc1. The number of ether oxygens (including phenoxy) is 1. The van der Waals surface area contributed by atoms with E-state index in [1.165, 1.54) is 12.1 Å². The normalized spacial score (nSPS) is 12.2. The number of nitrogens with two attached hydrogens (primary N) is 1. The Morgan fingerprint density at radius 3 is 2.72 bits per heavy atom. The number of rotatable bonds is 3. The molecule has 2 aromatic rings. The fourth-order valence-electron chi connectivity index (χ4n) is 1.39. The Balaban J connectivity index is 2.21. The summed E-state index contributed by atoms with van der Waals surface area (Å²) in [5, 5.41) is 0. The molecule has 94 valence electrons. The first kappa shape index (κ1) is 13.0. The number of hydrogen-bond donors (Lipinski definition) is 1. The molecule has 1 aromatic heterocycles. The molecule has 0 aliphatic carbocycles. The molecule has 0 fully saturated rings. The van der Waals surface area contributed by atoms with Crippen molar-refractivity contribution in [1.82, 2.24) is 4.98 Å². The smallest absolute Gasteiger partial charge is 0.219 e. The number of aromatic nitrogens is 1. The first-order valence-electron chi connectivity index (χ1n) is 5.40. The monoisotopic (exact) mass is 310 g/mol. The molecule has 2 rings (SSSR count). The highest BCUT2D eigenvalue weighted by molar-refractivity contribution is 9.10. The van der Waals surface area contributed by atoms with Crippen LogP contribution in [0.3, 0.4) is 0 Å². The van der Waals surface area contributed by atoms with Crippen LogP contribution in [0.1, 0.15) is 18.5 Å². The summed E-state index contributed by atoms with van der Waals surface area (Å²) in [6.45, 7) is 1.88. The van der Waals surface area contributed by atoms with Gasteiger partial charge in [-0.1, -0.05) is 6.07 Å². The molecule has 0 unspecified atom stereocenters. The zero-order chi connectivity index (χ0) is 13.1. The van der Waals surface area contributed by atoms with Gasteiger partial charge < -0.3 is 10.5 Å². The number of halogens is 2. The van der Waals surface area contributed by atoms with E-state index in [0.717, 1.165) is 5.56 Å². The van der Waals surface area contributed by atoms with Crippen LogP contribution in [0.15, 0.2) is 41.0 Å². The summed E-state index contributed by atoms with van der Waals surface area (Å²) >= 11 is 3.29. The van der Waals surface area contributed by atoms with Gasteiger partial charge in [-0.2, -0.15) is 0 Å². The summed E-state index contributed by atoms with van der Waals surface area (Å²) in [4.78, 5) is 4.12. The van der Waals surface area contributed by atoms with Crippen LogP contribution in [0.5, 0.6) is 11.6 Å². The number of benzene rings is 1. The van der Waals surface area contributed by atoms with Crippen LogP contribution < -0.4 is 10.5 Å². The van der Waals surface area contributed by atoms with Gasteiger partial charge in [0.1, 0.15) is 11.6 Å². The lowest BCUT2D eigenvalue weighted by molar-refractivity contribution is 0.454. The molecule has 0 spiro atoms. The predicted molar refractivity (Wildman–Crippen MR) is 71.0 cm³/mol. The number of hydrogen-bond acceptors (Lipinski definition) is 3. The van der Waals surface area contributed by atoms with E-state index < -0.39 is 0 Å². The van der Waals surface area contributed by atoms with E-state index in [9.17, 15) is 4.39 Å². The van der Waals surface area contributed by atoms with Gasteiger partial charge >= 0.3 is 0 Å². The van der Waals surface area contributed by atoms with Gasteiger partial charge in [-0.25, -0.2) is 9.37 Å². The Kier molecular flexibility index (Phi) is 3.93. The fourth-order valence-corrected chi connectivity index (χ4v) is 1.72. The van der Waals surface area contributed by atoms with Crippen molar-refractivity contribution in [2.45, 2.75) is 13.0 Å². The highest BCUT2D eigenvalue weighted by Crippen LogP contribution is 2.29.